The average Bonchev–Trinajstić information content (AvgIpc) is 2.46. The van der Waals surface area contributed by atoms with Crippen LogP contribution in [0.3, 0.4) is 0 Å². The summed E-state index contributed by atoms with van der Waals surface area (Å²) in [6.45, 7) is 3.59. The summed E-state index contributed by atoms with van der Waals surface area (Å²) in [7, 11) is 4.18. The quantitative estimate of drug-likeness (QED) is 0.851. The molecule has 0 aliphatic carbocycles. The summed E-state index contributed by atoms with van der Waals surface area (Å²) in [6.07, 6.45) is 2.67. The lowest BCUT2D eigenvalue weighted by atomic mass is 9.97. The molecule has 1 atom stereocenters. The maximum atomic E-state index is 13.2. The second kappa shape index (κ2) is 7.03. The molecule has 1 aliphatic heterocycles. The Balaban J connectivity index is 1.88. The van der Waals surface area contributed by atoms with Gasteiger partial charge < -0.3 is 9.80 Å². The summed E-state index contributed by atoms with van der Waals surface area (Å²) in [5.74, 6) is -0.141. The minimum absolute atomic E-state index is 0.0947. The van der Waals surface area contributed by atoms with E-state index in [0.717, 1.165) is 31.5 Å². The molecule has 1 aromatic rings. The Morgan fingerprint density at radius 3 is 2.62 bits per heavy atom. The van der Waals surface area contributed by atoms with E-state index in [4.69, 9.17) is 0 Å². The van der Waals surface area contributed by atoms with Gasteiger partial charge in [0.1, 0.15) is 5.82 Å². The zero-order valence-corrected chi connectivity index (χ0v) is 13.2. The van der Waals surface area contributed by atoms with Gasteiger partial charge in [-0.1, -0.05) is 19.1 Å². The van der Waals surface area contributed by atoms with E-state index >= 15 is 0 Å². The van der Waals surface area contributed by atoms with E-state index in [1.54, 1.807) is 6.07 Å². The Labute approximate surface area is 126 Å². The Hall–Kier alpha value is -1.42. The number of likely N-dealkylation sites (tertiary alicyclic amines) is 1. The van der Waals surface area contributed by atoms with Crippen LogP contribution in [-0.4, -0.2) is 48.9 Å². The van der Waals surface area contributed by atoms with Crippen LogP contribution in [-0.2, 0) is 11.2 Å². The predicted octanol–water partition coefficient (Wildman–Crippen LogP) is 2.56. The molecule has 116 valence electrons. The van der Waals surface area contributed by atoms with Crippen LogP contribution in [0.25, 0.3) is 0 Å². The second-order valence-corrected chi connectivity index (χ2v) is 6.26. The Morgan fingerprint density at radius 2 is 2.05 bits per heavy atom. The molecule has 2 rings (SSSR count). The van der Waals surface area contributed by atoms with Gasteiger partial charge in [0.15, 0.2) is 0 Å². The van der Waals surface area contributed by atoms with Crippen molar-refractivity contribution < 1.29 is 9.18 Å². The molecule has 1 aliphatic rings. The number of halogens is 1. The SMILES string of the molecule is CC(Cc1cccc(F)c1)C(=O)N1CCC(N(C)C)CC1. The van der Waals surface area contributed by atoms with Gasteiger partial charge in [-0.25, -0.2) is 4.39 Å². The normalized spacial score (nSPS) is 18.0. The van der Waals surface area contributed by atoms with Crippen LogP contribution < -0.4 is 0 Å². The lowest BCUT2D eigenvalue weighted by Crippen LogP contribution is -2.46. The highest BCUT2D eigenvalue weighted by Crippen LogP contribution is 2.18. The molecule has 0 radical (unpaired) electrons. The van der Waals surface area contributed by atoms with Crippen LogP contribution >= 0.6 is 0 Å². The predicted molar refractivity (Wildman–Crippen MR) is 82.6 cm³/mol. The number of piperidine rings is 1. The van der Waals surface area contributed by atoms with Gasteiger partial charge in [0.25, 0.3) is 0 Å². The summed E-state index contributed by atoms with van der Waals surface area (Å²) in [5, 5.41) is 0. The van der Waals surface area contributed by atoms with Crippen molar-refractivity contribution in [2.75, 3.05) is 27.2 Å². The maximum absolute atomic E-state index is 13.2. The molecular weight excluding hydrogens is 267 g/mol. The fourth-order valence-corrected chi connectivity index (χ4v) is 3.02. The molecule has 21 heavy (non-hydrogen) atoms. The minimum Gasteiger partial charge on any atom is -0.342 e. The first-order valence-corrected chi connectivity index (χ1v) is 7.67. The summed E-state index contributed by atoms with van der Waals surface area (Å²) in [6, 6.07) is 7.10. The molecule has 1 heterocycles. The van der Waals surface area contributed by atoms with Crippen molar-refractivity contribution in [3.05, 3.63) is 35.6 Å². The Kier molecular flexibility index (Phi) is 5.34. The first-order chi connectivity index (χ1) is 9.97. The smallest absolute Gasteiger partial charge is 0.225 e. The number of hydrogen-bond donors (Lipinski definition) is 0. The van der Waals surface area contributed by atoms with Gasteiger partial charge in [-0.05, 0) is 51.1 Å². The van der Waals surface area contributed by atoms with Gasteiger partial charge in [-0.3, -0.25) is 4.79 Å². The first-order valence-electron chi connectivity index (χ1n) is 7.67. The number of benzene rings is 1. The van der Waals surface area contributed by atoms with E-state index in [1.165, 1.54) is 12.1 Å². The van der Waals surface area contributed by atoms with Gasteiger partial charge in [-0.2, -0.15) is 0 Å². The molecule has 1 unspecified atom stereocenters. The largest absolute Gasteiger partial charge is 0.342 e. The van der Waals surface area contributed by atoms with E-state index < -0.39 is 0 Å². The maximum Gasteiger partial charge on any atom is 0.225 e. The molecule has 1 aromatic carbocycles. The molecule has 1 amide bonds. The summed E-state index contributed by atoms with van der Waals surface area (Å²) < 4.78 is 13.2. The lowest BCUT2D eigenvalue weighted by Gasteiger charge is -2.36. The summed E-state index contributed by atoms with van der Waals surface area (Å²) in [5.41, 5.74) is 0.888. The van der Waals surface area contributed by atoms with Crippen molar-refractivity contribution in [2.24, 2.45) is 5.92 Å². The summed E-state index contributed by atoms with van der Waals surface area (Å²) >= 11 is 0. The number of rotatable bonds is 4. The number of carbonyl (C=O) groups excluding carboxylic acids is 1. The van der Waals surface area contributed by atoms with E-state index in [0.29, 0.717) is 12.5 Å². The number of nitrogens with zero attached hydrogens (tertiary/aromatic N) is 2. The first kappa shape index (κ1) is 16.0. The molecule has 1 saturated heterocycles. The van der Waals surface area contributed by atoms with Crippen LogP contribution in [0.5, 0.6) is 0 Å². The second-order valence-electron chi connectivity index (χ2n) is 6.26. The molecule has 0 aromatic heterocycles. The molecule has 0 saturated carbocycles. The molecule has 0 spiro atoms. The number of amides is 1. The fraction of sp³-hybridized carbons (Fsp3) is 0.588. The fourth-order valence-electron chi connectivity index (χ4n) is 3.02. The lowest BCUT2D eigenvalue weighted by molar-refractivity contribution is -0.136. The highest BCUT2D eigenvalue weighted by molar-refractivity contribution is 5.78. The van der Waals surface area contributed by atoms with Gasteiger partial charge in [0.05, 0.1) is 0 Å². The van der Waals surface area contributed by atoms with Crippen LogP contribution in [0.2, 0.25) is 0 Å². The van der Waals surface area contributed by atoms with Crippen molar-refractivity contribution in [3.63, 3.8) is 0 Å². The number of carbonyl (C=O) groups is 1. The van der Waals surface area contributed by atoms with Crippen molar-refractivity contribution in [3.8, 4) is 0 Å². The number of hydrogen-bond acceptors (Lipinski definition) is 2. The van der Waals surface area contributed by atoms with Gasteiger partial charge in [-0.15, -0.1) is 0 Å². The molecule has 0 N–H and O–H groups in total. The highest BCUT2D eigenvalue weighted by Gasteiger charge is 2.26. The molecule has 0 bridgehead atoms. The van der Waals surface area contributed by atoms with Crippen molar-refractivity contribution >= 4 is 5.91 Å². The Morgan fingerprint density at radius 1 is 1.38 bits per heavy atom. The third-order valence-electron chi connectivity index (χ3n) is 4.36. The third kappa shape index (κ3) is 4.27. The standard InChI is InChI=1S/C17H25FN2O/c1-13(11-14-5-4-6-15(18)12-14)17(21)20-9-7-16(8-10-20)19(2)3/h4-6,12-13,16H,7-11H2,1-3H3. The molecule has 4 heteroatoms. The molecule has 3 nitrogen and oxygen atoms in total. The van der Waals surface area contributed by atoms with Crippen molar-refractivity contribution in [1.82, 2.24) is 9.80 Å². The van der Waals surface area contributed by atoms with Gasteiger partial charge in [0, 0.05) is 25.0 Å². The monoisotopic (exact) mass is 292 g/mol. The van der Waals surface area contributed by atoms with E-state index in [9.17, 15) is 9.18 Å². The average molecular weight is 292 g/mol. The third-order valence-corrected chi connectivity index (χ3v) is 4.36. The van der Waals surface area contributed by atoms with Gasteiger partial charge in [0.2, 0.25) is 5.91 Å². The molecular formula is C17H25FN2O. The van der Waals surface area contributed by atoms with Crippen LogP contribution in [0.15, 0.2) is 24.3 Å². The van der Waals surface area contributed by atoms with Crippen LogP contribution in [0.4, 0.5) is 4.39 Å². The zero-order valence-electron chi connectivity index (χ0n) is 13.2. The van der Waals surface area contributed by atoms with Crippen molar-refractivity contribution in [2.45, 2.75) is 32.2 Å². The van der Waals surface area contributed by atoms with Gasteiger partial charge >= 0.3 is 0 Å². The van der Waals surface area contributed by atoms with E-state index in [-0.39, 0.29) is 17.6 Å². The minimum atomic E-state index is -0.237. The molecule has 1 fully saturated rings. The van der Waals surface area contributed by atoms with E-state index in [2.05, 4.69) is 19.0 Å². The van der Waals surface area contributed by atoms with E-state index in [1.807, 2.05) is 17.9 Å². The van der Waals surface area contributed by atoms with Crippen LogP contribution in [0.1, 0.15) is 25.3 Å². The summed E-state index contributed by atoms with van der Waals surface area (Å²) in [4.78, 5) is 16.7. The Bertz CT molecular complexity index is 481. The zero-order chi connectivity index (χ0) is 15.4. The van der Waals surface area contributed by atoms with Crippen LogP contribution in [0, 0.1) is 11.7 Å². The highest BCUT2D eigenvalue weighted by atomic mass is 19.1. The topological polar surface area (TPSA) is 23.6 Å². The van der Waals surface area contributed by atoms with Crippen molar-refractivity contribution in [1.29, 1.82) is 0 Å².